The molecule has 2 N–H and O–H groups in total. The molecule has 1 aromatic carbocycles. The molecule has 0 saturated carbocycles. The van der Waals surface area contributed by atoms with Crippen LogP contribution < -0.4 is 0 Å². The molecule has 0 aromatic heterocycles. The second-order valence-electron chi connectivity index (χ2n) is 4.31. The predicted molar refractivity (Wildman–Crippen MR) is 56.9 cm³/mol. The Labute approximate surface area is 85.2 Å². The first-order valence-corrected chi connectivity index (χ1v) is 4.87. The highest BCUT2D eigenvalue weighted by Gasteiger charge is 2.33. The van der Waals surface area contributed by atoms with Crippen LogP contribution in [-0.4, -0.2) is 16.3 Å². The third-order valence-electron chi connectivity index (χ3n) is 2.90. The van der Waals surface area contributed by atoms with Crippen LogP contribution in [-0.2, 0) is 0 Å². The molecule has 0 spiro atoms. The van der Waals surface area contributed by atoms with Crippen molar-refractivity contribution in [2.24, 2.45) is 5.41 Å². The minimum Gasteiger partial charge on any atom is -0.393 e. The maximum Gasteiger partial charge on any atom is 0.0865 e. The zero-order chi connectivity index (χ0) is 10.8. The van der Waals surface area contributed by atoms with Gasteiger partial charge in [-0.25, -0.2) is 0 Å². The molecule has 2 atom stereocenters. The molecular formula is C12H18O2. The van der Waals surface area contributed by atoms with E-state index in [1.807, 2.05) is 44.2 Å². The summed E-state index contributed by atoms with van der Waals surface area (Å²) in [4.78, 5) is 0. The summed E-state index contributed by atoms with van der Waals surface area (Å²) in [6.07, 6.45) is -1.18. The van der Waals surface area contributed by atoms with Crippen LogP contribution >= 0.6 is 0 Å². The van der Waals surface area contributed by atoms with E-state index in [1.54, 1.807) is 6.92 Å². The maximum atomic E-state index is 10.1. The monoisotopic (exact) mass is 194 g/mol. The third kappa shape index (κ3) is 2.14. The van der Waals surface area contributed by atoms with Crippen molar-refractivity contribution in [2.45, 2.75) is 33.0 Å². The highest BCUT2D eigenvalue weighted by molar-refractivity contribution is 5.19. The largest absolute Gasteiger partial charge is 0.393 e. The van der Waals surface area contributed by atoms with Gasteiger partial charge in [-0.15, -0.1) is 0 Å². The molecular weight excluding hydrogens is 176 g/mol. The molecule has 0 saturated heterocycles. The van der Waals surface area contributed by atoms with E-state index >= 15 is 0 Å². The first-order chi connectivity index (χ1) is 6.46. The van der Waals surface area contributed by atoms with E-state index in [1.165, 1.54) is 0 Å². The summed E-state index contributed by atoms with van der Waals surface area (Å²) in [5.74, 6) is 0. The predicted octanol–water partition coefficient (Wildman–Crippen LogP) is 2.13. The highest BCUT2D eigenvalue weighted by atomic mass is 16.3. The van der Waals surface area contributed by atoms with Gasteiger partial charge < -0.3 is 10.2 Å². The summed E-state index contributed by atoms with van der Waals surface area (Å²) in [7, 11) is 0. The first-order valence-electron chi connectivity index (χ1n) is 4.87. The summed E-state index contributed by atoms with van der Waals surface area (Å²) < 4.78 is 0. The molecule has 1 rings (SSSR count). The van der Waals surface area contributed by atoms with Crippen molar-refractivity contribution in [3.8, 4) is 0 Å². The Bertz CT molecular complexity index is 278. The van der Waals surface area contributed by atoms with E-state index < -0.39 is 17.6 Å². The Balaban J connectivity index is 2.90. The SMILES string of the molecule is CC(O)C(C)(C)C(O)c1ccccc1. The average molecular weight is 194 g/mol. The Morgan fingerprint density at radius 1 is 1.07 bits per heavy atom. The van der Waals surface area contributed by atoms with Crippen molar-refractivity contribution < 1.29 is 10.2 Å². The van der Waals surface area contributed by atoms with Gasteiger partial charge in [0.05, 0.1) is 12.2 Å². The van der Waals surface area contributed by atoms with Gasteiger partial charge in [-0.2, -0.15) is 0 Å². The molecule has 2 heteroatoms. The highest BCUT2D eigenvalue weighted by Crippen LogP contribution is 2.35. The molecule has 0 aliphatic rings. The van der Waals surface area contributed by atoms with Gasteiger partial charge in [0.2, 0.25) is 0 Å². The normalized spacial score (nSPS) is 16.4. The van der Waals surface area contributed by atoms with Gasteiger partial charge in [-0.3, -0.25) is 0 Å². The zero-order valence-corrected chi connectivity index (χ0v) is 8.94. The number of rotatable bonds is 3. The fourth-order valence-electron chi connectivity index (χ4n) is 1.29. The average Bonchev–Trinajstić information content (AvgIpc) is 2.17. The first kappa shape index (κ1) is 11.2. The zero-order valence-electron chi connectivity index (χ0n) is 8.94. The number of benzene rings is 1. The lowest BCUT2D eigenvalue weighted by molar-refractivity contribution is -0.0403. The van der Waals surface area contributed by atoms with E-state index in [4.69, 9.17) is 0 Å². The maximum absolute atomic E-state index is 10.1. The van der Waals surface area contributed by atoms with Crippen LogP contribution in [0.15, 0.2) is 30.3 Å². The Morgan fingerprint density at radius 3 is 2.00 bits per heavy atom. The van der Waals surface area contributed by atoms with E-state index in [0.29, 0.717) is 0 Å². The Hall–Kier alpha value is -0.860. The second kappa shape index (κ2) is 4.11. The molecule has 2 unspecified atom stereocenters. The molecule has 1 aromatic rings. The van der Waals surface area contributed by atoms with Gasteiger partial charge in [0.25, 0.3) is 0 Å². The van der Waals surface area contributed by atoms with Crippen molar-refractivity contribution in [1.82, 2.24) is 0 Å². The van der Waals surface area contributed by atoms with Crippen LogP contribution in [0.2, 0.25) is 0 Å². The molecule has 0 aliphatic heterocycles. The van der Waals surface area contributed by atoms with Crippen LogP contribution in [0.1, 0.15) is 32.4 Å². The quantitative estimate of drug-likeness (QED) is 0.773. The lowest BCUT2D eigenvalue weighted by Crippen LogP contribution is -2.33. The topological polar surface area (TPSA) is 40.5 Å². The van der Waals surface area contributed by atoms with Crippen molar-refractivity contribution in [3.05, 3.63) is 35.9 Å². The van der Waals surface area contributed by atoms with Gasteiger partial charge in [0.15, 0.2) is 0 Å². The molecule has 78 valence electrons. The minimum absolute atomic E-state index is 0.526. The van der Waals surface area contributed by atoms with Crippen LogP contribution in [0.25, 0.3) is 0 Å². The molecule has 0 aliphatic carbocycles. The van der Waals surface area contributed by atoms with Crippen LogP contribution in [0.4, 0.5) is 0 Å². The van der Waals surface area contributed by atoms with Gasteiger partial charge in [-0.1, -0.05) is 44.2 Å². The molecule has 14 heavy (non-hydrogen) atoms. The Kier molecular flexibility index (Phi) is 3.29. The van der Waals surface area contributed by atoms with Crippen LogP contribution in [0.5, 0.6) is 0 Å². The van der Waals surface area contributed by atoms with Gasteiger partial charge >= 0.3 is 0 Å². The lowest BCUT2D eigenvalue weighted by Gasteiger charge is -2.33. The smallest absolute Gasteiger partial charge is 0.0865 e. The molecule has 0 amide bonds. The lowest BCUT2D eigenvalue weighted by atomic mass is 9.78. The fraction of sp³-hybridized carbons (Fsp3) is 0.500. The van der Waals surface area contributed by atoms with Gasteiger partial charge in [-0.05, 0) is 12.5 Å². The molecule has 0 fully saturated rings. The van der Waals surface area contributed by atoms with Crippen molar-refractivity contribution in [2.75, 3.05) is 0 Å². The van der Waals surface area contributed by atoms with E-state index in [-0.39, 0.29) is 0 Å². The third-order valence-corrected chi connectivity index (χ3v) is 2.90. The molecule has 0 bridgehead atoms. The summed E-state index contributed by atoms with van der Waals surface area (Å²) in [5.41, 5.74) is 0.319. The van der Waals surface area contributed by atoms with Crippen molar-refractivity contribution >= 4 is 0 Å². The molecule has 0 radical (unpaired) electrons. The minimum atomic E-state index is -0.635. The summed E-state index contributed by atoms with van der Waals surface area (Å²) in [6.45, 7) is 5.41. The number of hydrogen-bond donors (Lipinski definition) is 2. The summed E-state index contributed by atoms with van der Waals surface area (Å²) >= 11 is 0. The van der Waals surface area contributed by atoms with Gasteiger partial charge in [0, 0.05) is 5.41 Å². The second-order valence-corrected chi connectivity index (χ2v) is 4.31. The van der Waals surface area contributed by atoms with Crippen molar-refractivity contribution in [3.63, 3.8) is 0 Å². The fourth-order valence-corrected chi connectivity index (χ4v) is 1.29. The van der Waals surface area contributed by atoms with Crippen molar-refractivity contribution in [1.29, 1.82) is 0 Å². The summed E-state index contributed by atoms with van der Waals surface area (Å²) in [6, 6.07) is 9.42. The number of aliphatic hydroxyl groups excluding tert-OH is 2. The van der Waals surface area contributed by atoms with E-state index in [0.717, 1.165) is 5.56 Å². The molecule has 0 heterocycles. The van der Waals surface area contributed by atoms with Crippen LogP contribution in [0, 0.1) is 5.41 Å². The van der Waals surface area contributed by atoms with Gasteiger partial charge in [0.1, 0.15) is 0 Å². The number of aliphatic hydroxyl groups is 2. The molecule has 2 nitrogen and oxygen atoms in total. The Morgan fingerprint density at radius 2 is 1.57 bits per heavy atom. The van der Waals surface area contributed by atoms with E-state index in [9.17, 15) is 10.2 Å². The van der Waals surface area contributed by atoms with Crippen LogP contribution in [0.3, 0.4) is 0 Å². The standard InChI is InChI=1S/C12H18O2/c1-9(13)12(2,3)11(14)10-7-5-4-6-8-10/h4-9,11,13-14H,1-3H3. The number of hydrogen-bond acceptors (Lipinski definition) is 2. The van der Waals surface area contributed by atoms with E-state index in [2.05, 4.69) is 0 Å². The summed E-state index contributed by atoms with van der Waals surface area (Å²) in [5, 5.41) is 19.6.